The summed E-state index contributed by atoms with van der Waals surface area (Å²) in [7, 11) is 0. The summed E-state index contributed by atoms with van der Waals surface area (Å²) >= 11 is 1.47. The smallest absolute Gasteiger partial charge is 0.256 e. The van der Waals surface area contributed by atoms with Gasteiger partial charge < -0.3 is 10.4 Å². The van der Waals surface area contributed by atoms with Gasteiger partial charge in [0.15, 0.2) is 0 Å². The van der Waals surface area contributed by atoms with Crippen LogP contribution in [0.3, 0.4) is 0 Å². The molecule has 4 heteroatoms. The van der Waals surface area contributed by atoms with Gasteiger partial charge in [0.2, 0.25) is 0 Å². The summed E-state index contributed by atoms with van der Waals surface area (Å²) in [6, 6.07) is 7.17. The van der Waals surface area contributed by atoms with Crippen molar-refractivity contribution >= 4 is 22.9 Å². The zero-order valence-corrected chi connectivity index (χ0v) is 12.0. The van der Waals surface area contributed by atoms with Gasteiger partial charge >= 0.3 is 0 Å². The van der Waals surface area contributed by atoms with Gasteiger partial charge in [-0.2, -0.15) is 11.3 Å². The number of anilines is 1. The highest BCUT2D eigenvalue weighted by Crippen LogP contribution is 2.36. The number of carbonyl (C=O) groups is 1. The van der Waals surface area contributed by atoms with E-state index in [9.17, 15) is 9.90 Å². The van der Waals surface area contributed by atoms with E-state index in [1.165, 1.54) is 11.3 Å². The number of hydrogen-bond acceptors (Lipinski definition) is 3. The second kappa shape index (κ2) is 5.05. The van der Waals surface area contributed by atoms with E-state index in [2.05, 4.69) is 5.32 Å². The van der Waals surface area contributed by atoms with Gasteiger partial charge in [-0.1, -0.05) is 32.9 Å². The molecule has 0 saturated heterocycles. The number of thiophene rings is 1. The number of para-hydroxylation sites is 1. The predicted molar refractivity (Wildman–Crippen MR) is 79.1 cm³/mol. The third kappa shape index (κ3) is 2.96. The summed E-state index contributed by atoms with van der Waals surface area (Å²) in [5.41, 5.74) is 1.69. The van der Waals surface area contributed by atoms with Gasteiger partial charge in [0.1, 0.15) is 5.75 Å². The molecule has 19 heavy (non-hydrogen) atoms. The number of rotatable bonds is 2. The zero-order chi connectivity index (χ0) is 14.0. The van der Waals surface area contributed by atoms with E-state index in [-0.39, 0.29) is 17.1 Å². The SMILES string of the molecule is CC(C)(C)c1cccc(NC(=O)c2ccsc2)c1O. The summed E-state index contributed by atoms with van der Waals surface area (Å²) in [5, 5.41) is 16.6. The van der Waals surface area contributed by atoms with Gasteiger partial charge in [0, 0.05) is 10.9 Å². The molecule has 0 atom stereocenters. The van der Waals surface area contributed by atoms with E-state index in [1.54, 1.807) is 17.5 Å². The van der Waals surface area contributed by atoms with Crippen LogP contribution in [0.15, 0.2) is 35.0 Å². The van der Waals surface area contributed by atoms with E-state index in [1.807, 2.05) is 38.3 Å². The van der Waals surface area contributed by atoms with Crippen LogP contribution in [-0.4, -0.2) is 11.0 Å². The van der Waals surface area contributed by atoms with Crippen LogP contribution in [0.2, 0.25) is 0 Å². The topological polar surface area (TPSA) is 49.3 Å². The molecular weight excluding hydrogens is 258 g/mol. The minimum absolute atomic E-state index is 0.138. The van der Waals surface area contributed by atoms with Crippen LogP contribution in [0.4, 0.5) is 5.69 Å². The van der Waals surface area contributed by atoms with E-state index >= 15 is 0 Å². The number of carbonyl (C=O) groups excluding carboxylic acids is 1. The molecule has 1 heterocycles. The molecule has 2 aromatic rings. The third-order valence-corrected chi connectivity index (χ3v) is 3.56. The van der Waals surface area contributed by atoms with Gasteiger partial charge in [-0.25, -0.2) is 0 Å². The molecule has 1 aromatic heterocycles. The van der Waals surface area contributed by atoms with Crippen molar-refractivity contribution in [3.8, 4) is 5.75 Å². The molecule has 3 nitrogen and oxygen atoms in total. The van der Waals surface area contributed by atoms with Crippen molar-refractivity contribution in [2.45, 2.75) is 26.2 Å². The minimum atomic E-state index is -0.206. The van der Waals surface area contributed by atoms with E-state index in [4.69, 9.17) is 0 Å². The first-order valence-electron chi connectivity index (χ1n) is 6.05. The van der Waals surface area contributed by atoms with Crippen molar-refractivity contribution in [3.63, 3.8) is 0 Å². The third-order valence-electron chi connectivity index (χ3n) is 2.88. The van der Waals surface area contributed by atoms with E-state index in [0.29, 0.717) is 11.3 Å². The molecule has 0 saturated carbocycles. The van der Waals surface area contributed by atoms with Crippen molar-refractivity contribution in [3.05, 3.63) is 46.2 Å². The van der Waals surface area contributed by atoms with Crippen LogP contribution < -0.4 is 5.32 Å². The van der Waals surface area contributed by atoms with Crippen LogP contribution in [-0.2, 0) is 5.41 Å². The molecule has 0 bridgehead atoms. The van der Waals surface area contributed by atoms with Gasteiger partial charge in [-0.3, -0.25) is 4.79 Å². The first-order chi connectivity index (χ1) is 8.89. The summed E-state index contributed by atoms with van der Waals surface area (Å²) < 4.78 is 0. The lowest BCUT2D eigenvalue weighted by atomic mass is 9.86. The lowest BCUT2D eigenvalue weighted by Gasteiger charge is -2.21. The fourth-order valence-electron chi connectivity index (χ4n) is 1.84. The highest BCUT2D eigenvalue weighted by atomic mass is 32.1. The Kier molecular flexibility index (Phi) is 3.62. The second-order valence-corrected chi connectivity index (χ2v) is 6.20. The molecule has 2 N–H and O–H groups in total. The quantitative estimate of drug-likeness (QED) is 0.814. The van der Waals surface area contributed by atoms with Gasteiger partial charge in [-0.05, 0) is 22.9 Å². The summed E-state index contributed by atoms with van der Waals surface area (Å²) in [6.45, 7) is 6.06. The monoisotopic (exact) mass is 275 g/mol. The van der Waals surface area contributed by atoms with Crippen molar-refractivity contribution in [2.24, 2.45) is 0 Å². The molecule has 1 aromatic carbocycles. The molecule has 1 amide bonds. The number of aromatic hydroxyl groups is 1. The van der Waals surface area contributed by atoms with Crippen LogP contribution in [0, 0.1) is 0 Å². The fraction of sp³-hybridized carbons (Fsp3) is 0.267. The molecular formula is C15H17NO2S. The molecule has 0 aliphatic heterocycles. The van der Waals surface area contributed by atoms with Gasteiger partial charge in [-0.15, -0.1) is 0 Å². The number of amides is 1. The lowest BCUT2D eigenvalue weighted by Crippen LogP contribution is -2.14. The van der Waals surface area contributed by atoms with Crippen molar-refractivity contribution in [2.75, 3.05) is 5.32 Å². The molecule has 0 aliphatic rings. The largest absolute Gasteiger partial charge is 0.505 e. The molecule has 0 unspecified atom stereocenters. The highest BCUT2D eigenvalue weighted by molar-refractivity contribution is 7.08. The van der Waals surface area contributed by atoms with Crippen LogP contribution in [0.5, 0.6) is 5.75 Å². The first-order valence-corrected chi connectivity index (χ1v) is 7.00. The van der Waals surface area contributed by atoms with E-state index in [0.717, 1.165) is 5.56 Å². The molecule has 0 fully saturated rings. The second-order valence-electron chi connectivity index (χ2n) is 5.42. The minimum Gasteiger partial charge on any atom is -0.505 e. The average Bonchev–Trinajstić information content (AvgIpc) is 2.83. The Balaban J connectivity index is 2.29. The average molecular weight is 275 g/mol. The number of nitrogens with one attached hydrogen (secondary N) is 1. The predicted octanol–water partition coefficient (Wildman–Crippen LogP) is 4.00. The Bertz CT molecular complexity index is 583. The summed E-state index contributed by atoms with van der Waals surface area (Å²) in [5.74, 6) is -0.0683. The van der Waals surface area contributed by atoms with E-state index < -0.39 is 0 Å². The normalized spacial score (nSPS) is 11.3. The Morgan fingerprint density at radius 3 is 2.58 bits per heavy atom. The molecule has 0 radical (unpaired) electrons. The molecule has 2 rings (SSSR count). The van der Waals surface area contributed by atoms with Gasteiger partial charge in [0.05, 0.1) is 11.3 Å². The summed E-state index contributed by atoms with van der Waals surface area (Å²) in [6.07, 6.45) is 0. The number of phenolic OH excluding ortho intramolecular Hbond substituents is 1. The molecule has 0 aliphatic carbocycles. The number of hydrogen-bond donors (Lipinski definition) is 2. The maximum atomic E-state index is 12.0. The van der Waals surface area contributed by atoms with Crippen molar-refractivity contribution in [1.29, 1.82) is 0 Å². The maximum absolute atomic E-state index is 12.0. The Morgan fingerprint density at radius 2 is 2.00 bits per heavy atom. The van der Waals surface area contributed by atoms with Crippen LogP contribution in [0.25, 0.3) is 0 Å². The van der Waals surface area contributed by atoms with Crippen molar-refractivity contribution < 1.29 is 9.90 Å². The van der Waals surface area contributed by atoms with Crippen LogP contribution >= 0.6 is 11.3 Å². The fourth-order valence-corrected chi connectivity index (χ4v) is 2.47. The Labute approximate surface area is 116 Å². The lowest BCUT2D eigenvalue weighted by molar-refractivity contribution is 0.102. The molecule has 0 spiro atoms. The highest BCUT2D eigenvalue weighted by Gasteiger charge is 2.20. The standard InChI is InChI=1S/C15H17NO2S/c1-15(2,3)11-5-4-6-12(13(11)17)16-14(18)10-7-8-19-9-10/h4-9,17H,1-3H3,(H,16,18). The first kappa shape index (κ1) is 13.6. The summed E-state index contributed by atoms with van der Waals surface area (Å²) in [4.78, 5) is 12.0. The molecule has 100 valence electrons. The Morgan fingerprint density at radius 1 is 1.26 bits per heavy atom. The number of phenols is 1. The number of benzene rings is 1. The maximum Gasteiger partial charge on any atom is 0.256 e. The van der Waals surface area contributed by atoms with Gasteiger partial charge in [0.25, 0.3) is 5.91 Å². The zero-order valence-electron chi connectivity index (χ0n) is 11.2. The van der Waals surface area contributed by atoms with Crippen LogP contribution in [0.1, 0.15) is 36.7 Å². The Hall–Kier alpha value is -1.81. The van der Waals surface area contributed by atoms with Crippen molar-refractivity contribution in [1.82, 2.24) is 0 Å².